The number of nitrogens with zero attached hydrogens (tertiary/aromatic N) is 3. The molecule has 0 unspecified atom stereocenters. The zero-order valence-electron chi connectivity index (χ0n) is 24.0. The van der Waals surface area contributed by atoms with Gasteiger partial charge < -0.3 is 41.2 Å². The summed E-state index contributed by atoms with van der Waals surface area (Å²) < 4.78 is 15.9. The molecule has 0 aliphatic rings. The molecule has 0 aliphatic heterocycles. The van der Waals surface area contributed by atoms with Gasteiger partial charge in [-0.25, -0.2) is 4.79 Å². The van der Waals surface area contributed by atoms with Crippen LogP contribution < -0.4 is 27.0 Å². The molecule has 0 radical (unpaired) electrons. The fraction of sp³-hybridized carbons (Fsp3) is 0.615. The molecule has 0 saturated heterocycles. The molecule has 2 atom stereocenters. The van der Waals surface area contributed by atoms with E-state index in [4.69, 9.17) is 25.5 Å². The van der Waals surface area contributed by atoms with Gasteiger partial charge >= 0.3 is 6.03 Å². The fourth-order valence-electron chi connectivity index (χ4n) is 3.46. The van der Waals surface area contributed by atoms with Crippen LogP contribution in [0.4, 0.5) is 10.5 Å². The highest BCUT2D eigenvalue weighted by Gasteiger charge is 2.28. The molecule has 42 heavy (non-hydrogen) atoms. The number of rotatable bonds is 22. The maximum atomic E-state index is 13.2. The molecule has 0 spiro atoms. The Morgan fingerprint density at radius 2 is 1.62 bits per heavy atom. The predicted octanol–water partition coefficient (Wildman–Crippen LogP) is 1.95. The van der Waals surface area contributed by atoms with Gasteiger partial charge in [0.2, 0.25) is 17.7 Å². The summed E-state index contributed by atoms with van der Waals surface area (Å²) in [6.07, 6.45) is 0.596. The van der Waals surface area contributed by atoms with Crippen LogP contribution >= 0.6 is 15.9 Å². The van der Waals surface area contributed by atoms with Crippen molar-refractivity contribution in [1.82, 2.24) is 16.0 Å². The molecule has 0 aromatic heterocycles. The van der Waals surface area contributed by atoms with Crippen molar-refractivity contribution < 1.29 is 33.4 Å². The lowest BCUT2D eigenvalue weighted by atomic mass is 10.0. The SMILES string of the molecule is CC(C)[C@H](NC(=O)COCCOCCOCCN=[N+]=[N-])C(=O)N[C@@H](CCCNC(N)=O)C(=O)Nc1ccc(CBr)cc1. The van der Waals surface area contributed by atoms with Gasteiger partial charge in [0.05, 0.1) is 33.0 Å². The molecule has 5 amide bonds. The summed E-state index contributed by atoms with van der Waals surface area (Å²) in [4.78, 5) is 52.3. The summed E-state index contributed by atoms with van der Waals surface area (Å²) in [5, 5.41) is 14.7. The van der Waals surface area contributed by atoms with E-state index < -0.39 is 35.8 Å². The largest absolute Gasteiger partial charge is 0.379 e. The lowest BCUT2D eigenvalue weighted by molar-refractivity contribution is -0.134. The molecule has 16 heteroatoms. The number of carbonyl (C=O) groups excluding carboxylic acids is 4. The van der Waals surface area contributed by atoms with Crippen molar-refractivity contribution in [3.63, 3.8) is 0 Å². The highest BCUT2D eigenvalue weighted by molar-refractivity contribution is 9.08. The summed E-state index contributed by atoms with van der Waals surface area (Å²) in [5.41, 5.74) is 14.9. The quantitative estimate of drug-likeness (QED) is 0.0410. The Balaban J connectivity index is 2.60. The molecule has 234 valence electrons. The smallest absolute Gasteiger partial charge is 0.312 e. The molecule has 1 aromatic carbocycles. The third-order valence-electron chi connectivity index (χ3n) is 5.62. The maximum Gasteiger partial charge on any atom is 0.312 e. The van der Waals surface area contributed by atoms with Crippen LogP contribution in [-0.2, 0) is 33.9 Å². The summed E-state index contributed by atoms with van der Waals surface area (Å²) in [6, 6.07) is 4.70. The van der Waals surface area contributed by atoms with E-state index in [1.165, 1.54) is 0 Å². The first-order chi connectivity index (χ1) is 20.2. The number of halogens is 1. The van der Waals surface area contributed by atoms with E-state index in [1.54, 1.807) is 26.0 Å². The van der Waals surface area contributed by atoms with Gasteiger partial charge in [-0.1, -0.05) is 47.0 Å². The lowest BCUT2D eigenvalue weighted by Gasteiger charge is -2.25. The van der Waals surface area contributed by atoms with Crippen LogP contribution in [0.25, 0.3) is 10.4 Å². The van der Waals surface area contributed by atoms with Crippen LogP contribution in [0.15, 0.2) is 29.4 Å². The van der Waals surface area contributed by atoms with Crippen molar-refractivity contribution in [3.8, 4) is 0 Å². The Hall–Kier alpha value is -3.43. The number of amides is 5. The number of urea groups is 1. The first-order valence-corrected chi connectivity index (χ1v) is 14.6. The fourth-order valence-corrected chi connectivity index (χ4v) is 3.83. The Morgan fingerprint density at radius 3 is 2.21 bits per heavy atom. The van der Waals surface area contributed by atoms with E-state index in [0.29, 0.717) is 37.3 Å². The summed E-state index contributed by atoms with van der Waals surface area (Å²) >= 11 is 3.38. The highest BCUT2D eigenvalue weighted by atomic mass is 79.9. The number of carbonyl (C=O) groups is 4. The highest BCUT2D eigenvalue weighted by Crippen LogP contribution is 2.13. The van der Waals surface area contributed by atoms with Crippen LogP contribution in [0.5, 0.6) is 0 Å². The number of primary amides is 1. The molecule has 0 aliphatic carbocycles. The van der Waals surface area contributed by atoms with Gasteiger partial charge in [0, 0.05) is 29.0 Å². The summed E-state index contributed by atoms with van der Waals surface area (Å²) in [5.74, 6) is -1.75. The molecule has 0 heterocycles. The van der Waals surface area contributed by atoms with Crippen LogP contribution in [0.2, 0.25) is 0 Å². The minimum absolute atomic E-state index is 0.156. The van der Waals surface area contributed by atoms with E-state index in [-0.39, 0.29) is 45.2 Å². The zero-order valence-corrected chi connectivity index (χ0v) is 25.6. The van der Waals surface area contributed by atoms with Crippen LogP contribution in [0.3, 0.4) is 0 Å². The number of benzene rings is 1. The Labute approximate surface area is 253 Å². The average Bonchev–Trinajstić information content (AvgIpc) is 2.96. The maximum absolute atomic E-state index is 13.2. The van der Waals surface area contributed by atoms with Gasteiger partial charge in [0.25, 0.3) is 0 Å². The van der Waals surface area contributed by atoms with E-state index in [2.05, 4.69) is 47.2 Å². The molecule has 1 rings (SSSR count). The third kappa shape index (κ3) is 16.7. The number of anilines is 1. The van der Waals surface area contributed by atoms with Crippen molar-refractivity contribution in [1.29, 1.82) is 0 Å². The molecule has 6 N–H and O–H groups in total. The number of nitrogens with one attached hydrogen (secondary N) is 4. The Kier molecular flexibility index (Phi) is 19.3. The summed E-state index contributed by atoms with van der Waals surface area (Å²) in [6.45, 7) is 5.07. The van der Waals surface area contributed by atoms with E-state index in [9.17, 15) is 19.2 Å². The monoisotopic (exact) mass is 656 g/mol. The predicted molar refractivity (Wildman–Crippen MR) is 160 cm³/mol. The second-order valence-corrected chi connectivity index (χ2v) is 9.90. The van der Waals surface area contributed by atoms with Crippen LogP contribution in [-0.4, -0.2) is 88.6 Å². The van der Waals surface area contributed by atoms with E-state index in [0.717, 1.165) is 5.56 Å². The third-order valence-corrected chi connectivity index (χ3v) is 6.27. The number of ether oxygens (including phenoxy) is 3. The second-order valence-electron chi connectivity index (χ2n) is 9.34. The van der Waals surface area contributed by atoms with Crippen molar-refractivity contribution in [2.24, 2.45) is 16.8 Å². The first-order valence-electron chi connectivity index (χ1n) is 13.5. The van der Waals surface area contributed by atoms with Crippen molar-refractivity contribution in [3.05, 3.63) is 40.3 Å². The van der Waals surface area contributed by atoms with E-state index in [1.807, 2.05) is 12.1 Å². The van der Waals surface area contributed by atoms with Crippen molar-refractivity contribution in [2.75, 3.05) is 58.0 Å². The minimum Gasteiger partial charge on any atom is -0.379 e. The Bertz CT molecular complexity index is 1020. The zero-order chi connectivity index (χ0) is 31.2. The van der Waals surface area contributed by atoms with Crippen LogP contribution in [0, 0.1) is 5.92 Å². The Morgan fingerprint density at radius 1 is 0.976 bits per heavy atom. The molecule has 0 saturated carbocycles. The van der Waals surface area contributed by atoms with Gasteiger partial charge in [-0.05, 0) is 42.0 Å². The second kappa shape index (κ2) is 22.2. The molecular formula is C26H41BrN8O7. The summed E-state index contributed by atoms with van der Waals surface area (Å²) in [7, 11) is 0. The first kappa shape index (κ1) is 36.6. The number of azide groups is 1. The van der Waals surface area contributed by atoms with Crippen LogP contribution in [0.1, 0.15) is 32.3 Å². The minimum atomic E-state index is -0.933. The van der Waals surface area contributed by atoms with Gasteiger partial charge in [0.1, 0.15) is 18.7 Å². The van der Waals surface area contributed by atoms with E-state index >= 15 is 0 Å². The molecular weight excluding hydrogens is 616 g/mol. The molecule has 0 fully saturated rings. The number of alkyl halides is 1. The van der Waals surface area contributed by atoms with Gasteiger partial charge in [-0.3, -0.25) is 14.4 Å². The molecule has 0 bridgehead atoms. The lowest BCUT2D eigenvalue weighted by Crippen LogP contribution is -2.55. The standard InChI is InChI=1S/C26H41BrN8O7/c1-18(2)23(34-22(36)17-42-15-14-41-13-12-40-11-10-31-35-29)25(38)33-21(4-3-9-30-26(28)39)24(37)32-20-7-5-19(16-27)6-8-20/h5-8,18,21,23H,3-4,9-17H2,1-2H3,(H,32,37)(H,33,38)(H,34,36)(H3,28,30,39)/t21-,23-/m0/s1. The topological polar surface area (TPSA) is 219 Å². The van der Waals surface area contributed by atoms with Crippen molar-refractivity contribution in [2.45, 2.75) is 44.1 Å². The number of nitrogens with two attached hydrogens (primary N) is 1. The normalized spacial score (nSPS) is 12.1. The van der Waals surface area contributed by atoms with Gasteiger partial charge in [0.15, 0.2) is 0 Å². The molecule has 15 nitrogen and oxygen atoms in total. The van der Waals surface area contributed by atoms with Gasteiger partial charge in [-0.15, -0.1) is 0 Å². The van der Waals surface area contributed by atoms with Crippen molar-refractivity contribution >= 4 is 45.4 Å². The number of hydrogen-bond donors (Lipinski definition) is 5. The number of hydrogen-bond acceptors (Lipinski definition) is 8. The average molecular weight is 658 g/mol. The molecule has 1 aromatic rings. The van der Waals surface area contributed by atoms with Gasteiger partial charge in [-0.2, -0.15) is 0 Å².